The number of carbonyl (C=O) groups is 1. The molecule has 0 aromatic carbocycles. The summed E-state index contributed by atoms with van der Waals surface area (Å²) < 4.78 is 15.3. The van der Waals surface area contributed by atoms with Gasteiger partial charge in [0, 0.05) is 0 Å². The molecule has 0 aromatic rings. The maximum atomic E-state index is 11.5. The number of hydrogen-bond donors (Lipinski definition) is 4. The first-order chi connectivity index (χ1) is 8.95. The van der Waals surface area contributed by atoms with Crippen molar-refractivity contribution in [1.82, 2.24) is 0 Å². The SMILES string of the molecule is CC1=C(O[C@@H]2O[C@H](CO)[C@@H](O)[C@H](O)[C@H]2O)C(=O)CO1. The molecule has 0 aliphatic carbocycles. The molecule has 5 atom stereocenters. The summed E-state index contributed by atoms with van der Waals surface area (Å²) in [6, 6.07) is 0. The Morgan fingerprint density at radius 3 is 2.47 bits per heavy atom. The van der Waals surface area contributed by atoms with Gasteiger partial charge in [-0.25, -0.2) is 0 Å². The van der Waals surface area contributed by atoms with Crippen LogP contribution in [0.25, 0.3) is 0 Å². The minimum absolute atomic E-state index is 0.0932. The van der Waals surface area contributed by atoms with Gasteiger partial charge >= 0.3 is 0 Å². The molecule has 4 N–H and O–H groups in total. The maximum Gasteiger partial charge on any atom is 0.238 e. The lowest BCUT2D eigenvalue weighted by molar-refractivity contribution is -0.290. The van der Waals surface area contributed by atoms with E-state index < -0.39 is 43.1 Å². The molecule has 0 unspecified atom stereocenters. The van der Waals surface area contributed by atoms with Gasteiger partial charge in [-0.1, -0.05) is 0 Å². The molecular formula is C11H16O8. The number of rotatable bonds is 3. The van der Waals surface area contributed by atoms with Crippen molar-refractivity contribution in [2.45, 2.75) is 37.6 Å². The van der Waals surface area contributed by atoms with Gasteiger partial charge in [-0.05, 0) is 6.92 Å². The average Bonchev–Trinajstić information content (AvgIpc) is 2.70. The third-order valence-corrected chi connectivity index (χ3v) is 3.08. The van der Waals surface area contributed by atoms with E-state index in [0.717, 1.165) is 0 Å². The molecule has 2 aliphatic rings. The highest BCUT2D eigenvalue weighted by Gasteiger charge is 2.45. The van der Waals surface area contributed by atoms with Crippen molar-refractivity contribution in [3.8, 4) is 0 Å². The molecule has 2 aliphatic heterocycles. The van der Waals surface area contributed by atoms with E-state index in [0.29, 0.717) is 0 Å². The molecule has 1 fully saturated rings. The lowest BCUT2D eigenvalue weighted by atomic mass is 9.99. The van der Waals surface area contributed by atoms with Crippen LogP contribution in [-0.2, 0) is 19.0 Å². The number of carbonyl (C=O) groups excluding carboxylic acids is 1. The van der Waals surface area contributed by atoms with Crippen LogP contribution in [0.2, 0.25) is 0 Å². The lowest BCUT2D eigenvalue weighted by Crippen LogP contribution is -2.59. The molecule has 8 nitrogen and oxygen atoms in total. The summed E-state index contributed by atoms with van der Waals surface area (Å²) >= 11 is 0. The smallest absolute Gasteiger partial charge is 0.238 e. The number of aliphatic hydroxyl groups excluding tert-OH is 4. The van der Waals surface area contributed by atoms with Gasteiger partial charge < -0.3 is 34.6 Å². The first kappa shape index (κ1) is 14.2. The summed E-state index contributed by atoms with van der Waals surface area (Å²) in [6.07, 6.45) is -7.01. The Labute approximate surface area is 108 Å². The van der Waals surface area contributed by atoms with Crippen molar-refractivity contribution in [2.24, 2.45) is 0 Å². The molecule has 0 saturated carbocycles. The van der Waals surface area contributed by atoms with Crippen LogP contribution in [-0.4, -0.2) is 70.1 Å². The number of hydrogen-bond acceptors (Lipinski definition) is 8. The topological polar surface area (TPSA) is 126 Å². The van der Waals surface area contributed by atoms with Crippen LogP contribution in [0.15, 0.2) is 11.5 Å². The molecule has 0 spiro atoms. The van der Waals surface area contributed by atoms with E-state index in [1.54, 1.807) is 0 Å². The van der Waals surface area contributed by atoms with Crippen LogP contribution < -0.4 is 0 Å². The summed E-state index contributed by atoms with van der Waals surface area (Å²) in [5.74, 6) is -0.249. The van der Waals surface area contributed by atoms with Gasteiger partial charge in [0.1, 0.15) is 30.2 Å². The molecule has 0 radical (unpaired) electrons. The van der Waals surface area contributed by atoms with Gasteiger partial charge in [0.05, 0.1) is 6.61 Å². The Bertz CT molecular complexity index is 390. The van der Waals surface area contributed by atoms with Gasteiger partial charge in [-0.3, -0.25) is 4.79 Å². The Hall–Kier alpha value is -1.19. The lowest BCUT2D eigenvalue weighted by Gasteiger charge is -2.39. The van der Waals surface area contributed by atoms with Crippen molar-refractivity contribution in [1.29, 1.82) is 0 Å². The zero-order valence-corrected chi connectivity index (χ0v) is 10.2. The van der Waals surface area contributed by atoms with Crippen LogP contribution in [0.4, 0.5) is 0 Å². The van der Waals surface area contributed by atoms with Crippen molar-refractivity contribution >= 4 is 5.78 Å². The standard InChI is InChI=1S/C11H16O8/c1-4-10(5(13)3-17-4)19-11-9(16)8(15)7(14)6(2-12)18-11/h6-9,11-12,14-16H,2-3H2,1H3/t6-,7-,8+,9-,11+/m1/s1. The largest absolute Gasteiger partial charge is 0.486 e. The van der Waals surface area contributed by atoms with Crippen molar-refractivity contribution in [3.63, 3.8) is 0 Å². The second-order valence-electron chi connectivity index (χ2n) is 4.41. The molecule has 19 heavy (non-hydrogen) atoms. The zero-order valence-electron chi connectivity index (χ0n) is 10.2. The number of ketones is 1. The van der Waals surface area contributed by atoms with Crippen LogP contribution >= 0.6 is 0 Å². The summed E-state index contributed by atoms with van der Waals surface area (Å²) in [6.45, 7) is 0.802. The molecule has 0 aromatic heterocycles. The molecule has 1 saturated heterocycles. The fraction of sp³-hybridized carbons (Fsp3) is 0.727. The third kappa shape index (κ3) is 2.58. The summed E-state index contributed by atoms with van der Waals surface area (Å²) in [7, 11) is 0. The minimum atomic E-state index is -1.55. The van der Waals surface area contributed by atoms with Gasteiger partial charge in [0.2, 0.25) is 17.8 Å². The number of ether oxygens (including phenoxy) is 3. The van der Waals surface area contributed by atoms with Crippen LogP contribution in [0, 0.1) is 0 Å². The highest BCUT2D eigenvalue weighted by molar-refractivity contribution is 5.96. The summed E-state index contributed by atoms with van der Waals surface area (Å²) in [4.78, 5) is 11.5. The van der Waals surface area contributed by atoms with Crippen LogP contribution in [0.5, 0.6) is 0 Å². The summed E-state index contributed by atoms with van der Waals surface area (Å²) in [5, 5.41) is 37.9. The average molecular weight is 276 g/mol. The maximum absolute atomic E-state index is 11.5. The Kier molecular flexibility index (Phi) is 4.07. The molecule has 0 amide bonds. The highest BCUT2D eigenvalue weighted by atomic mass is 16.7. The normalized spacial score (nSPS) is 39.4. The Balaban J connectivity index is 2.11. The molecule has 0 bridgehead atoms. The van der Waals surface area contributed by atoms with E-state index in [9.17, 15) is 20.1 Å². The number of aliphatic hydroxyl groups is 4. The fourth-order valence-electron chi connectivity index (χ4n) is 1.93. The monoisotopic (exact) mass is 276 g/mol. The van der Waals surface area contributed by atoms with Crippen molar-refractivity contribution in [3.05, 3.63) is 11.5 Å². The van der Waals surface area contributed by atoms with E-state index >= 15 is 0 Å². The predicted molar refractivity (Wildman–Crippen MR) is 58.5 cm³/mol. The molecule has 8 heteroatoms. The second-order valence-corrected chi connectivity index (χ2v) is 4.41. The van der Waals surface area contributed by atoms with Crippen LogP contribution in [0.3, 0.4) is 0 Å². The predicted octanol–water partition coefficient (Wildman–Crippen LogP) is -2.37. The van der Waals surface area contributed by atoms with Gasteiger partial charge in [-0.2, -0.15) is 0 Å². The van der Waals surface area contributed by atoms with Crippen LogP contribution in [0.1, 0.15) is 6.92 Å². The van der Waals surface area contributed by atoms with Crippen molar-refractivity contribution < 1.29 is 39.4 Å². The Morgan fingerprint density at radius 2 is 1.95 bits per heavy atom. The summed E-state index contributed by atoms with van der Waals surface area (Å²) in [5.41, 5.74) is 0. The molecule has 108 valence electrons. The van der Waals surface area contributed by atoms with E-state index in [1.165, 1.54) is 6.92 Å². The molecule has 2 heterocycles. The van der Waals surface area contributed by atoms with E-state index in [-0.39, 0.29) is 18.1 Å². The fourth-order valence-corrected chi connectivity index (χ4v) is 1.93. The van der Waals surface area contributed by atoms with E-state index in [1.807, 2.05) is 0 Å². The quantitative estimate of drug-likeness (QED) is 0.451. The second kappa shape index (κ2) is 5.43. The minimum Gasteiger partial charge on any atom is -0.486 e. The van der Waals surface area contributed by atoms with Gasteiger partial charge in [0.15, 0.2) is 6.61 Å². The first-order valence-corrected chi connectivity index (χ1v) is 5.79. The molecular weight excluding hydrogens is 260 g/mol. The number of Topliss-reactive ketones (excluding diaryl/α,β-unsaturated/α-hetero) is 1. The number of allylic oxidation sites excluding steroid dienone is 1. The first-order valence-electron chi connectivity index (χ1n) is 5.79. The van der Waals surface area contributed by atoms with E-state index in [2.05, 4.69) is 0 Å². The van der Waals surface area contributed by atoms with Crippen molar-refractivity contribution in [2.75, 3.05) is 13.2 Å². The molecule has 2 rings (SSSR count). The third-order valence-electron chi connectivity index (χ3n) is 3.08. The van der Waals surface area contributed by atoms with E-state index in [4.69, 9.17) is 19.3 Å². The Morgan fingerprint density at radius 1 is 1.26 bits per heavy atom. The zero-order chi connectivity index (χ0) is 14.2. The highest BCUT2D eigenvalue weighted by Crippen LogP contribution is 2.26. The van der Waals surface area contributed by atoms with Gasteiger partial charge in [-0.15, -0.1) is 0 Å². The van der Waals surface area contributed by atoms with Gasteiger partial charge in [0.25, 0.3) is 0 Å².